The summed E-state index contributed by atoms with van der Waals surface area (Å²) in [5.74, 6) is 0.107. The van der Waals surface area contributed by atoms with Crippen molar-refractivity contribution in [1.82, 2.24) is 10.6 Å². The molecule has 5 heteroatoms. The zero-order valence-corrected chi connectivity index (χ0v) is 11.8. The molecule has 1 saturated carbocycles. The summed E-state index contributed by atoms with van der Waals surface area (Å²) in [6.07, 6.45) is 6.25. The SMILES string of the molecule is COC1CCC(NC(=O)CCOC2CCNCC2)C1. The van der Waals surface area contributed by atoms with Crippen molar-refractivity contribution in [3.05, 3.63) is 0 Å². The zero-order chi connectivity index (χ0) is 13.5. The van der Waals surface area contributed by atoms with Crippen LogP contribution in [0.2, 0.25) is 0 Å². The van der Waals surface area contributed by atoms with Crippen LogP contribution < -0.4 is 10.6 Å². The second-order valence-electron chi connectivity index (χ2n) is 5.51. The van der Waals surface area contributed by atoms with Crippen molar-refractivity contribution in [3.8, 4) is 0 Å². The van der Waals surface area contributed by atoms with Gasteiger partial charge in [-0.3, -0.25) is 4.79 Å². The van der Waals surface area contributed by atoms with Crippen LogP contribution in [-0.2, 0) is 14.3 Å². The first-order valence-corrected chi connectivity index (χ1v) is 7.42. The maximum Gasteiger partial charge on any atom is 0.222 e. The number of carbonyl (C=O) groups excluding carboxylic acids is 1. The van der Waals surface area contributed by atoms with Gasteiger partial charge in [0.2, 0.25) is 5.91 Å². The monoisotopic (exact) mass is 270 g/mol. The summed E-state index contributed by atoms with van der Waals surface area (Å²) >= 11 is 0. The molecular weight excluding hydrogens is 244 g/mol. The minimum absolute atomic E-state index is 0.107. The van der Waals surface area contributed by atoms with Gasteiger partial charge in [0.15, 0.2) is 0 Å². The predicted octanol–water partition coefficient (Wildman–Crippen LogP) is 0.829. The number of ether oxygens (including phenoxy) is 2. The molecule has 110 valence electrons. The van der Waals surface area contributed by atoms with Gasteiger partial charge in [-0.2, -0.15) is 0 Å². The molecule has 1 aliphatic carbocycles. The van der Waals surface area contributed by atoms with Crippen LogP contribution in [0.1, 0.15) is 38.5 Å². The smallest absolute Gasteiger partial charge is 0.222 e. The van der Waals surface area contributed by atoms with E-state index in [-0.39, 0.29) is 11.9 Å². The summed E-state index contributed by atoms with van der Waals surface area (Å²) in [6.45, 7) is 2.59. The summed E-state index contributed by atoms with van der Waals surface area (Å²) < 4.78 is 11.0. The molecule has 0 spiro atoms. The molecule has 0 bridgehead atoms. The maximum atomic E-state index is 11.8. The Kier molecular flexibility index (Phi) is 6.07. The van der Waals surface area contributed by atoms with Crippen LogP contribution in [0.15, 0.2) is 0 Å². The average Bonchev–Trinajstić information content (AvgIpc) is 2.87. The molecule has 2 rings (SSSR count). The lowest BCUT2D eigenvalue weighted by Crippen LogP contribution is -2.35. The molecule has 5 nitrogen and oxygen atoms in total. The highest BCUT2D eigenvalue weighted by Gasteiger charge is 2.25. The molecule has 0 aromatic carbocycles. The van der Waals surface area contributed by atoms with Crippen molar-refractivity contribution in [1.29, 1.82) is 0 Å². The Morgan fingerprint density at radius 3 is 2.68 bits per heavy atom. The first-order valence-electron chi connectivity index (χ1n) is 7.42. The fraction of sp³-hybridized carbons (Fsp3) is 0.929. The van der Waals surface area contributed by atoms with Gasteiger partial charge in [0, 0.05) is 19.6 Å². The average molecular weight is 270 g/mol. The molecule has 2 unspecified atom stereocenters. The van der Waals surface area contributed by atoms with Gasteiger partial charge in [-0.25, -0.2) is 0 Å². The van der Waals surface area contributed by atoms with E-state index in [1.54, 1.807) is 7.11 Å². The van der Waals surface area contributed by atoms with Gasteiger partial charge >= 0.3 is 0 Å². The third-order valence-electron chi connectivity index (χ3n) is 4.05. The van der Waals surface area contributed by atoms with Crippen LogP contribution in [0.3, 0.4) is 0 Å². The lowest BCUT2D eigenvalue weighted by atomic mass is 10.1. The number of methoxy groups -OCH3 is 1. The third kappa shape index (κ3) is 5.09. The van der Waals surface area contributed by atoms with Gasteiger partial charge in [0.1, 0.15) is 0 Å². The van der Waals surface area contributed by atoms with Crippen molar-refractivity contribution in [3.63, 3.8) is 0 Å². The quantitative estimate of drug-likeness (QED) is 0.750. The van der Waals surface area contributed by atoms with Gasteiger partial charge in [-0.05, 0) is 45.2 Å². The molecule has 1 saturated heterocycles. The molecule has 2 aliphatic rings. The number of rotatable bonds is 6. The molecule has 2 fully saturated rings. The van der Waals surface area contributed by atoms with E-state index in [2.05, 4.69) is 10.6 Å². The summed E-state index contributed by atoms with van der Waals surface area (Å²) in [6, 6.07) is 0.288. The summed E-state index contributed by atoms with van der Waals surface area (Å²) in [5, 5.41) is 6.37. The molecule has 0 aromatic heterocycles. The predicted molar refractivity (Wildman–Crippen MR) is 73.0 cm³/mol. The van der Waals surface area contributed by atoms with Crippen molar-refractivity contribution >= 4 is 5.91 Å². The van der Waals surface area contributed by atoms with Crippen LogP contribution in [0.25, 0.3) is 0 Å². The minimum Gasteiger partial charge on any atom is -0.381 e. The van der Waals surface area contributed by atoms with Gasteiger partial charge in [-0.1, -0.05) is 0 Å². The summed E-state index contributed by atoms with van der Waals surface area (Å²) in [5.41, 5.74) is 0. The molecular formula is C14H26N2O3. The van der Waals surface area contributed by atoms with Crippen LogP contribution in [0, 0.1) is 0 Å². The van der Waals surface area contributed by atoms with E-state index in [1.807, 2.05) is 0 Å². The lowest BCUT2D eigenvalue weighted by Gasteiger charge is -2.23. The first kappa shape index (κ1) is 14.8. The maximum absolute atomic E-state index is 11.8. The molecule has 0 radical (unpaired) electrons. The van der Waals surface area contributed by atoms with Crippen LogP contribution in [0.4, 0.5) is 0 Å². The number of piperidine rings is 1. The molecule has 1 heterocycles. The Hall–Kier alpha value is -0.650. The Morgan fingerprint density at radius 2 is 2.00 bits per heavy atom. The topological polar surface area (TPSA) is 59.6 Å². The Morgan fingerprint density at radius 1 is 1.21 bits per heavy atom. The van der Waals surface area contributed by atoms with E-state index in [1.165, 1.54) is 0 Å². The fourth-order valence-electron chi connectivity index (χ4n) is 2.87. The van der Waals surface area contributed by atoms with Crippen molar-refractivity contribution < 1.29 is 14.3 Å². The largest absolute Gasteiger partial charge is 0.381 e. The molecule has 2 N–H and O–H groups in total. The number of carbonyl (C=O) groups is 1. The molecule has 1 amide bonds. The number of amides is 1. The van der Waals surface area contributed by atoms with E-state index in [0.29, 0.717) is 25.2 Å². The molecule has 1 aliphatic heterocycles. The number of nitrogens with one attached hydrogen (secondary N) is 2. The van der Waals surface area contributed by atoms with Crippen LogP contribution in [0.5, 0.6) is 0 Å². The minimum atomic E-state index is 0.107. The second-order valence-corrected chi connectivity index (χ2v) is 5.51. The highest BCUT2D eigenvalue weighted by molar-refractivity contribution is 5.76. The lowest BCUT2D eigenvalue weighted by molar-refractivity contribution is -0.123. The highest BCUT2D eigenvalue weighted by atomic mass is 16.5. The standard InChI is InChI=1S/C14H26N2O3/c1-18-13-3-2-11(10-13)16-14(17)6-9-19-12-4-7-15-8-5-12/h11-13,15H,2-10H2,1H3,(H,16,17). The van der Waals surface area contributed by atoms with Crippen molar-refractivity contribution in [2.45, 2.75) is 56.8 Å². The number of hydrogen-bond acceptors (Lipinski definition) is 4. The Balaban J connectivity index is 1.54. The van der Waals surface area contributed by atoms with Gasteiger partial charge in [0.05, 0.1) is 18.8 Å². The normalized spacial score (nSPS) is 28.5. The van der Waals surface area contributed by atoms with Crippen LogP contribution in [-0.4, -0.2) is 51.0 Å². The van der Waals surface area contributed by atoms with E-state index in [9.17, 15) is 4.79 Å². The first-order chi connectivity index (χ1) is 9.28. The second kappa shape index (κ2) is 7.82. The van der Waals surface area contributed by atoms with E-state index < -0.39 is 0 Å². The van der Waals surface area contributed by atoms with E-state index in [4.69, 9.17) is 9.47 Å². The Bertz CT molecular complexity index is 280. The third-order valence-corrected chi connectivity index (χ3v) is 4.05. The van der Waals surface area contributed by atoms with Gasteiger partial charge in [-0.15, -0.1) is 0 Å². The van der Waals surface area contributed by atoms with Crippen molar-refractivity contribution in [2.24, 2.45) is 0 Å². The summed E-state index contributed by atoms with van der Waals surface area (Å²) in [7, 11) is 1.74. The number of hydrogen-bond donors (Lipinski definition) is 2. The van der Waals surface area contributed by atoms with E-state index >= 15 is 0 Å². The van der Waals surface area contributed by atoms with Gasteiger partial charge in [0.25, 0.3) is 0 Å². The highest BCUT2D eigenvalue weighted by Crippen LogP contribution is 2.21. The molecule has 19 heavy (non-hydrogen) atoms. The van der Waals surface area contributed by atoms with Gasteiger partial charge < -0.3 is 20.1 Å². The van der Waals surface area contributed by atoms with Crippen LogP contribution >= 0.6 is 0 Å². The summed E-state index contributed by atoms with van der Waals surface area (Å²) in [4.78, 5) is 11.8. The zero-order valence-electron chi connectivity index (χ0n) is 11.8. The molecule has 0 aromatic rings. The molecule has 2 atom stereocenters. The Labute approximate surface area is 115 Å². The van der Waals surface area contributed by atoms with E-state index in [0.717, 1.165) is 45.2 Å². The fourth-order valence-corrected chi connectivity index (χ4v) is 2.87. The van der Waals surface area contributed by atoms with Crippen molar-refractivity contribution in [2.75, 3.05) is 26.8 Å².